The number of nitrogens with zero attached hydrogens (tertiary/aromatic N) is 1. The van der Waals surface area contributed by atoms with Gasteiger partial charge in [0.1, 0.15) is 11.5 Å². The highest BCUT2D eigenvalue weighted by Crippen LogP contribution is 2.21. The van der Waals surface area contributed by atoms with Crippen LogP contribution in [-0.2, 0) is 6.42 Å². The van der Waals surface area contributed by atoms with Crippen LogP contribution in [0.2, 0.25) is 5.02 Å². The first-order valence-corrected chi connectivity index (χ1v) is 8.47. The summed E-state index contributed by atoms with van der Waals surface area (Å²) in [6.07, 6.45) is 3.29. The molecule has 1 heterocycles. The fraction of sp³-hybridized carbons (Fsp3) is 0.0500. The number of hydrogen-bond acceptors (Lipinski definition) is 7. The van der Waals surface area contributed by atoms with Crippen molar-refractivity contribution in [3.63, 3.8) is 0 Å². The maximum atomic E-state index is 10.7. The third kappa shape index (κ3) is 5.54. The molecule has 3 aromatic rings. The number of rotatable bonds is 5. The van der Waals surface area contributed by atoms with E-state index in [1.807, 2.05) is 0 Å². The summed E-state index contributed by atoms with van der Waals surface area (Å²) in [5.74, 6) is 5.44. The second kappa shape index (κ2) is 10.1. The van der Waals surface area contributed by atoms with Gasteiger partial charge in [0, 0.05) is 6.20 Å². The van der Waals surface area contributed by atoms with Crippen LogP contribution in [0.4, 0.5) is 5.82 Å². The number of benzene rings is 2. The van der Waals surface area contributed by atoms with E-state index in [1.54, 1.807) is 42.6 Å². The van der Waals surface area contributed by atoms with E-state index >= 15 is 0 Å². The molecule has 0 saturated heterocycles. The van der Waals surface area contributed by atoms with E-state index < -0.39 is 0 Å². The number of nitrogens with two attached hydrogens (primary N) is 1. The van der Waals surface area contributed by atoms with Crippen LogP contribution in [0.1, 0.15) is 31.8 Å². The summed E-state index contributed by atoms with van der Waals surface area (Å²) in [6.45, 7) is 0. The molecule has 144 valence electrons. The number of nitrogens with one attached hydrogen (secondary N) is 1. The number of aldehydes is 2. The van der Waals surface area contributed by atoms with Gasteiger partial charge in [-0.2, -0.15) is 0 Å². The number of aromatic hydroxyl groups is 2. The Morgan fingerprint density at radius 2 is 1.50 bits per heavy atom. The molecule has 0 fully saturated rings. The topological polar surface area (TPSA) is 126 Å². The Morgan fingerprint density at radius 1 is 0.964 bits per heavy atom. The predicted molar refractivity (Wildman–Crippen MR) is 107 cm³/mol. The molecular formula is C20H18ClN3O4. The Labute approximate surface area is 166 Å². The molecule has 3 rings (SSSR count). The fourth-order valence-electron chi connectivity index (χ4n) is 2.34. The van der Waals surface area contributed by atoms with Gasteiger partial charge in [-0.3, -0.25) is 9.59 Å². The maximum absolute atomic E-state index is 10.7. The summed E-state index contributed by atoms with van der Waals surface area (Å²) in [7, 11) is 0. The summed E-state index contributed by atoms with van der Waals surface area (Å²) in [5.41, 5.74) is 4.48. The molecule has 7 nitrogen and oxygen atoms in total. The second-order valence-electron chi connectivity index (χ2n) is 5.68. The van der Waals surface area contributed by atoms with Crippen molar-refractivity contribution < 1.29 is 19.8 Å². The first-order chi connectivity index (χ1) is 13.5. The minimum absolute atomic E-state index is 0.0574. The lowest BCUT2D eigenvalue weighted by Gasteiger charge is -2.06. The van der Waals surface area contributed by atoms with E-state index in [9.17, 15) is 19.8 Å². The molecule has 0 saturated carbocycles. The normalized spacial score (nSPS) is 9.79. The van der Waals surface area contributed by atoms with E-state index in [0.29, 0.717) is 29.8 Å². The quantitative estimate of drug-likeness (QED) is 0.294. The molecule has 0 aliphatic rings. The standard InChI is InChI=1S/C15H12O4.C5H6ClN3/c16-8-12-6-10(1-3-14(12)18)5-11-2-4-15(19)13(7-11)9-17;6-4-2-1-3-8-5(4)9-7/h1-4,6-9,18-19H,5H2;1-3H,7H2,(H,8,9). The van der Waals surface area contributed by atoms with Crippen LogP contribution in [-0.4, -0.2) is 27.8 Å². The minimum atomic E-state index is -0.0574. The van der Waals surface area contributed by atoms with Crippen LogP contribution in [0.25, 0.3) is 0 Å². The molecule has 8 heteroatoms. The van der Waals surface area contributed by atoms with Crippen LogP contribution < -0.4 is 11.3 Å². The largest absolute Gasteiger partial charge is 0.507 e. The van der Waals surface area contributed by atoms with Crippen molar-refractivity contribution in [1.82, 2.24) is 4.98 Å². The van der Waals surface area contributed by atoms with E-state index in [1.165, 1.54) is 12.1 Å². The molecule has 0 atom stereocenters. The third-order valence-electron chi connectivity index (χ3n) is 3.74. The molecule has 0 amide bonds. The van der Waals surface area contributed by atoms with E-state index in [-0.39, 0.29) is 22.6 Å². The summed E-state index contributed by atoms with van der Waals surface area (Å²) < 4.78 is 0. The van der Waals surface area contributed by atoms with Gasteiger partial charge in [-0.15, -0.1) is 0 Å². The van der Waals surface area contributed by atoms with E-state index in [0.717, 1.165) is 11.1 Å². The molecule has 0 aliphatic carbocycles. The lowest BCUT2D eigenvalue weighted by atomic mass is 10.0. The summed E-state index contributed by atoms with van der Waals surface area (Å²) in [4.78, 5) is 25.3. The van der Waals surface area contributed by atoms with Crippen LogP contribution in [0.15, 0.2) is 54.7 Å². The molecule has 5 N–H and O–H groups in total. The van der Waals surface area contributed by atoms with E-state index in [4.69, 9.17) is 17.4 Å². The highest BCUT2D eigenvalue weighted by atomic mass is 35.5. The Hall–Kier alpha value is -3.42. The molecule has 2 aromatic carbocycles. The molecule has 1 aromatic heterocycles. The molecule has 0 aliphatic heterocycles. The monoisotopic (exact) mass is 399 g/mol. The Balaban J connectivity index is 0.000000261. The molecule has 0 spiro atoms. The fourth-order valence-corrected chi connectivity index (χ4v) is 2.52. The SMILES string of the molecule is NNc1ncccc1Cl.O=Cc1cc(Cc2ccc(O)c(C=O)c2)ccc1O. The van der Waals surface area contributed by atoms with Gasteiger partial charge in [0.15, 0.2) is 18.4 Å². The van der Waals surface area contributed by atoms with Gasteiger partial charge in [-0.25, -0.2) is 10.8 Å². The van der Waals surface area contributed by atoms with Gasteiger partial charge < -0.3 is 15.6 Å². The molecule has 0 unspecified atom stereocenters. The Kier molecular flexibility index (Phi) is 7.50. The number of pyridine rings is 1. The summed E-state index contributed by atoms with van der Waals surface area (Å²) in [6, 6.07) is 13.0. The Morgan fingerprint density at radius 3 is 1.89 bits per heavy atom. The zero-order valence-electron chi connectivity index (χ0n) is 14.7. The van der Waals surface area contributed by atoms with Gasteiger partial charge in [-0.1, -0.05) is 23.7 Å². The van der Waals surface area contributed by atoms with Crippen molar-refractivity contribution in [2.24, 2.45) is 5.84 Å². The maximum Gasteiger partial charge on any atom is 0.158 e. The van der Waals surface area contributed by atoms with Crippen molar-refractivity contribution in [1.29, 1.82) is 0 Å². The number of carbonyl (C=O) groups is 2. The van der Waals surface area contributed by atoms with Gasteiger partial charge in [-0.05, 0) is 53.9 Å². The van der Waals surface area contributed by atoms with Crippen molar-refractivity contribution >= 4 is 30.0 Å². The first-order valence-electron chi connectivity index (χ1n) is 8.09. The molecule has 28 heavy (non-hydrogen) atoms. The summed E-state index contributed by atoms with van der Waals surface area (Å²) >= 11 is 5.62. The number of phenolic OH excluding ortho intramolecular Hbond substituents is 2. The van der Waals surface area contributed by atoms with Crippen molar-refractivity contribution in [2.75, 3.05) is 5.43 Å². The van der Waals surface area contributed by atoms with Gasteiger partial charge in [0.05, 0.1) is 16.1 Å². The van der Waals surface area contributed by atoms with Gasteiger partial charge >= 0.3 is 0 Å². The van der Waals surface area contributed by atoms with Crippen LogP contribution >= 0.6 is 11.6 Å². The summed E-state index contributed by atoms with van der Waals surface area (Å²) in [5, 5.41) is 19.3. The van der Waals surface area contributed by atoms with Crippen LogP contribution in [0.3, 0.4) is 0 Å². The number of phenols is 2. The average molecular weight is 400 g/mol. The minimum Gasteiger partial charge on any atom is -0.507 e. The van der Waals surface area contributed by atoms with Crippen molar-refractivity contribution in [3.05, 3.63) is 82.0 Å². The molecule has 0 bridgehead atoms. The number of anilines is 1. The first kappa shape index (κ1) is 20.9. The number of aromatic nitrogens is 1. The zero-order valence-corrected chi connectivity index (χ0v) is 15.4. The zero-order chi connectivity index (χ0) is 20.5. The van der Waals surface area contributed by atoms with E-state index in [2.05, 4.69) is 10.4 Å². The smallest absolute Gasteiger partial charge is 0.158 e. The van der Waals surface area contributed by atoms with Gasteiger partial charge in [0.25, 0.3) is 0 Å². The lowest BCUT2D eigenvalue weighted by Crippen LogP contribution is -2.08. The number of nitrogen functional groups attached to an aromatic ring is 1. The Bertz CT molecular complexity index is 924. The van der Waals surface area contributed by atoms with Crippen LogP contribution in [0.5, 0.6) is 11.5 Å². The highest BCUT2D eigenvalue weighted by Gasteiger charge is 2.05. The number of hydrazine groups is 1. The number of carbonyl (C=O) groups excluding carboxylic acids is 2. The average Bonchev–Trinajstić information content (AvgIpc) is 2.71. The lowest BCUT2D eigenvalue weighted by molar-refractivity contribution is 0.111. The number of hydrogen-bond donors (Lipinski definition) is 4. The third-order valence-corrected chi connectivity index (χ3v) is 4.05. The van der Waals surface area contributed by atoms with Crippen LogP contribution in [0, 0.1) is 0 Å². The number of halogens is 1. The molecule has 0 radical (unpaired) electrons. The van der Waals surface area contributed by atoms with Crippen molar-refractivity contribution in [2.45, 2.75) is 6.42 Å². The second-order valence-corrected chi connectivity index (χ2v) is 6.08. The highest BCUT2D eigenvalue weighted by molar-refractivity contribution is 6.32. The van der Waals surface area contributed by atoms with Gasteiger partial charge in [0.2, 0.25) is 0 Å². The predicted octanol–water partition coefficient (Wildman–Crippen LogP) is 3.33. The van der Waals surface area contributed by atoms with Crippen molar-refractivity contribution in [3.8, 4) is 11.5 Å². The molecular weight excluding hydrogens is 382 g/mol.